The molecule has 0 bridgehead atoms. The highest BCUT2D eigenvalue weighted by Gasteiger charge is 2.09. The molecule has 0 fully saturated rings. The standard InChI is InChI=1S/C16H20N4/c1-12-14(13-7-4-5-8-15(13)19-12)11-18-20-16-9-3-2-6-10-17-16/h4-5,7-8,11,19H,2-3,6,9-10H2,1H3,(H,17,20)/p+1/b18-11+. The number of hydrogen-bond donors (Lipinski definition) is 3. The summed E-state index contributed by atoms with van der Waals surface area (Å²) < 4.78 is 0. The second kappa shape index (κ2) is 5.90. The minimum atomic E-state index is 1.05. The van der Waals surface area contributed by atoms with Gasteiger partial charge in [0.05, 0.1) is 19.2 Å². The van der Waals surface area contributed by atoms with Crippen LogP contribution in [0.15, 0.2) is 29.4 Å². The SMILES string of the molecule is Cc1[nH]c2ccccc2c1/C=N/NC1=[NH+]CCCCC1. The van der Waals surface area contributed by atoms with Crippen LogP contribution in [-0.4, -0.2) is 23.6 Å². The average Bonchev–Trinajstić information content (AvgIpc) is 2.65. The summed E-state index contributed by atoms with van der Waals surface area (Å²) in [6, 6.07) is 8.32. The van der Waals surface area contributed by atoms with Gasteiger partial charge in [0.15, 0.2) is 0 Å². The minimum Gasteiger partial charge on any atom is -0.358 e. The molecule has 1 aromatic heterocycles. The molecule has 4 nitrogen and oxygen atoms in total. The van der Waals surface area contributed by atoms with Gasteiger partial charge in [0.1, 0.15) is 0 Å². The maximum absolute atomic E-state index is 4.40. The minimum absolute atomic E-state index is 1.05. The van der Waals surface area contributed by atoms with E-state index in [0.29, 0.717) is 0 Å². The van der Waals surface area contributed by atoms with Crippen LogP contribution in [0.25, 0.3) is 10.9 Å². The molecule has 0 atom stereocenters. The van der Waals surface area contributed by atoms with Crippen LogP contribution in [0.4, 0.5) is 0 Å². The summed E-state index contributed by atoms with van der Waals surface area (Å²) in [6.45, 7) is 3.13. The van der Waals surface area contributed by atoms with E-state index in [4.69, 9.17) is 0 Å². The number of para-hydroxylation sites is 1. The lowest BCUT2D eigenvalue weighted by Crippen LogP contribution is -2.75. The highest BCUT2D eigenvalue weighted by atomic mass is 15.3. The van der Waals surface area contributed by atoms with E-state index in [9.17, 15) is 0 Å². The maximum atomic E-state index is 4.40. The predicted molar refractivity (Wildman–Crippen MR) is 83.1 cm³/mol. The lowest BCUT2D eigenvalue weighted by molar-refractivity contribution is -0.459. The molecule has 0 aliphatic carbocycles. The Balaban J connectivity index is 1.77. The fraction of sp³-hybridized carbons (Fsp3) is 0.375. The molecule has 0 radical (unpaired) electrons. The number of fused-ring (bicyclic) bond motifs is 1. The van der Waals surface area contributed by atoms with Crippen molar-refractivity contribution < 1.29 is 4.99 Å². The van der Waals surface area contributed by atoms with Crippen molar-refractivity contribution in [2.24, 2.45) is 5.10 Å². The number of rotatable bonds is 2. The van der Waals surface area contributed by atoms with Crippen LogP contribution >= 0.6 is 0 Å². The molecule has 2 aromatic rings. The number of aryl methyl sites for hydroxylation is 1. The Bertz CT molecular complexity index is 652. The van der Waals surface area contributed by atoms with Crippen LogP contribution in [-0.2, 0) is 0 Å². The van der Waals surface area contributed by atoms with Gasteiger partial charge in [-0.3, -0.25) is 4.99 Å². The van der Waals surface area contributed by atoms with Crippen LogP contribution < -0.4 is 10.4 Å². The molecule has 0 unspecified atom stereocenters. The summed E-state index contributed by atoms with van der Waals surface area (Å²) in [5.41, 5.74) is 6.62. The van der Waals surface area contributed by atoms with Crippen molar-refractivity contribution in [1.82, 2.24) is 10.4 Å². The van der Waals surface area contributed by atoms with E-state index in [-0.39, 0.29) is 0 Å². The molecule has 104 valence electrons. The van der Waals surface area contributed by atoms with Crippen molar-refractivity contribution in [2.75, 3.05) is 6.54 Å². The number of hydrazone groups is 1. The normalized spacial score (nSPS) is 16.4. The maximum Gasteiger partial charge on any atom is 0.267 e. The highest BCUT2D eigenvalue weighted by molar-refractivity contribution is 6.00. The van der Waals surface area contributed by atoms with Crippen LogP contribution in [0, 0.1) is 6.92 Å². The van der Waals surface area contributed by atoms with E-state index in [1.807, 2.05) is 12.3 Å². The first kappa shape index (κ1) is 12.9. The fourth-order valence-corrected chi connectivity index (χ4v) is 2.67. The van der Waals surface area contributed by atoms with E-state index in [0.717, 1.165) is 35.6 Å². The highest BCUT2D eigenvalue weighted by Crippen LogP contribution is 2.19. The number of nitrogens with zero attached hydrogens (tertiary/aromatic N) is 1. The van der Waals surface area contributed by atoms with Gasteiger partial charge in [-0.1, -0.05) is 23.3 Å². The summed E-state index contributed by atoms with van der Waals surface area (Å²) in [7, 11) is 0. The second-order valence-electron chi connectivity index (χ2n) is 5.30. The molecule has 0 saturated heterocycles. The Morgan fingerprint density at radius 3 is 3.10 bits per heavy atom. The molecule has 1 aliphatic rings. The van der Waals surface area contributed by atoms with E-state index < -0.39 is 0 Å². The van der Waals surface area contributed by atoms with Crippen LogP contribution in [0.2, 0.25) is 0 Å². The van der Waals surface area contributed by atoms with Gasteiger partial charge in [0.2, 0.25) is 0 Å². The Morgan fingerprint density at radius 2 is 2.15 bits per heavy atom. The number of aromatic nitrogens is 1. The monoisotopic (exact) mass is 269 g/mol. The van der Waals surface area contributed by atoms with Gasteiger partial charge >= 0.3 is 0 Å². The van der Waals surface area contributed by atoms with E-state index in [1.54, 1.807) is 0 Å². The molecular weight excluding hydrogens is 248 g/mol. The first-order valence-corrected chi connectivity index (χ1v) is 7.30. The van der Waals surface area contributed by atoms with Crippen molar-refractivity contribution in [3.8, 4) is 0 Å². The van der Waals surface area contributed by atoms with Crippen LogP contribution in [0.3, 0.4) is 0 Å². The molecule has 3 N–H and O–H groups in total. The molecule has 1 aromatic carbocycles. The fourth-order valence-electron chi connectivity index (χ4n) is 2.67. The third-order valence-corrected chi connectivity index (χ3v) is 3.78. The third-order valence-electron chi connectivity index (χ3n) is 3.78. The van der Waals surface area contributed by atoms with Crippen molar-refractivity contribution in [1.29, 1.82) is 0 Å². The Labute approximate surface area is 119 Å². The lowest BCUT2D eigenvalue weighted by Gasteiger charge is -1.95. The van der Waals surface area contributed by atoms with Crippen LogP contribution in [0.1, 0.15) is 36.9 Å². The summed E-state index contributed by atoms with van der Waals surface area (Å²) in [4.78, 5) is 6.78. The topological polar surface area (TPSA) is 54.1 Å². The van der Waals surface area contributed by atoms with E-state index >= 15 is 0 Å². The zero-order valence-corrected chi connectivity index (χ0v) is 11.9. The molecule has 2 heterocycles. The zero-order valence-electron chi connectivity index (χ0n) is 11.9. The summed E-state index contributed by atoms with van der Waals surface area (Å²) in [5.74, 6) is 1.14. The van der Waals surface area contributed by atoms with Gasteiger partial charge < -0.3 is 4.98 Å². The van der Waals surface area contributed by atoms with Crippen molar-refractivity contribution in [3.05, 3.63) is 35.5 Å². The number of hydrogen-bond acceptors (Lipinski definition) is 2. The van der Waals surface area contributed by atoms with Gasteiger partial charge in [-0.05, 0) is 32.3 Å². The molecule has 0 amide bonds. The Hall–Kier alpha value is -2.10. The van der Waals surface area contributed by atoms with Crippen molar-refractivity contribution in [2.45, 2.75) is 32.6 Å². The largest absolute Gasteiger partial charge is 0.358 e. The molecule has 0 spiro atoms. The van der Waals surface area contributed by atoms with Crippen molar-refractivity contribution >= 4 is 23.0 Å². The van der Waals surface area contributed by atoms with Crippen molar-refractivity contribution in [3.63, 3.8) is 0 Å². The second-order valence-corrected chi connectivity index (χ2v) is 5.30. The van der Waals surface area contributed by atoms with Gasteiger partial charge in [0.25, 0.3) is 5.84 Å². The van der Waals surface area contributed by atoms with Gasteiger partial charge in [-0.25, -0.2) is 0 Å². The number of amidine groups is 1. The predicted octanol–water partition coefficient (Wildman–Crippen LogP) is 1.45. The first-order valence-electron chi connectivity index (χ1n) is 7.30. The Morgan fingerprint density at radius 1 is 1.25 bits per heavy atom. The third kappa shape index (κ3) is 2.74. The van der Waals surface area contributed by atoms with Gasteiger partial charge in [-0.15, -0.1) is 0 Å². The molecule has 3 rings (SSSR count). The quantitative estimate of drug-likeness (QED) is 0.561. The van der Waals surface area contributed by atoms with Gasteiger partial charge in [-0.2, -0.15) is 5.43 Å². The lowest BCUT2D eigenvalue weighted by atomic mass is 10.1. The molecular formula is C16H21N4+. The van der Waals surface area contributed by atoms with Gasteiger partial charge in [0, 0.05) is 22.2 Å². The Kier molecular flexibility index (Phi) is 3.81. The number of benzene rings is 1. The number of aromatic amines is 1. The number of nitrogens with one attached hydrogen (secondary N) is 3. The average molecular weight is 269 g/mol. The molecule has 20 heavy (non-hydrogen) atoms. The summed E-state index contributed by atoms with van der Waals surface area (Å²) in [6.07, 6.45) is 6.74. The summed E-state index contributed by atoms with van der Waals surface area (Å²) in [5, 5.41) is 5.61. The van der Waals surface area contributed by atoms with E-state index in [1.165, 1.54) is 24.6 Å². The summed E-state index contributed by atoms with van der Waals surface area (Å²) >= 11 is 0. The first-order chi connectivity index (χ1) is 9.84. The molecule has 0 saturated carbocycles. The van der Waals surface area contributed by atoms with Crippen LogP contribution in [0.5, 0.6) is 0 Å². The zero-order chi connectivity index (χ0) is 13.8. The van der Waals surface area contributed by atoms with E-state index in [2.05, 4.69) is 45.6 Å². The smallest absolute Gasteiger partial charge is 0.267 e. The molecule has 4 heteroatoms. The molecule has 1 aliphatic heterocycles. The number of H-pyrrole nitrogens is 1.